The Hall–Kier alpha value is -5.18. The van der Waals surface area contributed by atoms with E-state index in [0.29, 0.717) is 11.1 Å². The number of carbonyl (C=O) groups is 6. The number of nitrogens with one attached hydrogen (secondary N) is 5. The van der Waals surface area contributed by atoms with Crippen LogP contribution in [0.4, 0.5) is 0 Å². The zero-order valence-electron chi connectivity index (χ0n) is 23.1. The molecule has 1 heterocycles. The average Bonchev–Trinajstić information content (AvgIpc) is 2.94. The fourth-order valence-electron chi connectivity index (χ4n) is 4.26. The van der Waals surface area contributed by atoms with E-state index in [1.54, 1.807) is 0 Å². The van der Waals surface area contributed by atoms with Crippen molar-refractivity contribution in [3.8, 4) is 11.5 Å². The van der Waals surface area contributed by atoms with Gasteiger partial charge >= 0.3 is 5.97 Å². The number of hydrogen-bond acceptors (Lipinski definition) is 9. The van der Waals surface area contributed by atoms with E-state index in [-0.39, 0.29) is 24.3 Å². The zero-order valence-corrected chi connectivity index (χ0v) is 23.1. The minimum Gasteiger partial charge on any atom is -0.508 e. The molecule has 0 unspecified atom stereocenters. The van der Waals surface area contributed by atoms with Crippen molar-refractivity contribution >= 4 is 35.5 Å². The SMILES string of the molecule is C[C@@H](O)[C@@H]1NC(=O)CNC(=O)[C@H](Cc2ccc(O)cc2)NC(=O)[C@H](Cc2ccc(O)cc2)NC(=O)[C@H](CC(=O)O)NC1=O. The molecule has 9 N–H and O–H groups in total. The quantitative estimate of drug-likeness (QED) is 0.166. The minimum atomic E-state index is -1.71. The lowest BCUT2D eigenvalue weighted by atomic mass is 10.0. The van der Waals surface area contributed by atoms with Crippen LogP contribution in [0.1, 0.15) is 24.5 Å². The molecule has 0 bridgehead atoms. The molecule has 43 heavy (non-hydrogen) atoms. The van der Waals surface area contributed by atoms with Crippen molar-refractivity contribution in [3.63, 3.8) is 0 Å². The number of amides is 5. The number of aliphatic hydroxyl groups excluding tert-OH is 1. The Morgan fingerprint density at radius 3 is 1.63 bits per heavy atom. The third kappa shape index (κ3) is 9.71. The van der Waals surface area contributed by atoms with E-state index in [4.69, 9.17) is 0 Å². The van der Waals surface area contributed by atoms with Gasteiger partial charge in [0.15, 0.2) is 0 Å². The number of hydrogen-bond donors (Lipinski definition) is 9. The second-order valence-electron chi connectivity index (χ2n) is 10.0. The summed E-state index contributed by atoms with van der Waals surface area (Å²) in [5, 5.41) is 50.5. The van der Waals surface area contributed by atoms with Gasteiger partial charge in [-0.2, -0.15) is 0 Å². The van der Waals surface area contributed by atoms with Gasteiger partial charge in [-0.15, -0.1) is 0 Å². The Kier molecular flexibility index (Phi) is 11.0. The number of benzene rings is 2. The van der Waals surface area contributed by atoms with Crippen LogP contribution < -0.4 is 26.6 Å². The Morgan fingerprint density at radius 2 is 1.16 bits per heavy atom. The fraction of sp³-hybridized carbons (Fsp3) is 0.357. The van der Waals surface area contributed by atoms with Gasteiger partial charge in [0.1, 0.15) is 35.7 Å². The molecule has 1 fully saturated rings. The fourth-order valence-corrected chi connectivity index (χ4v) is 4.26. The summed E-state index contributed by atoms with van der Waals surface area (Å²) >= 11 is 0. The van der Waals surface area contributed by atoms with E-state index in [0.717, 1.165) is 0 Å². The highest BCUT2D eigenvalue weighted by Crippen LogP contribution is 2.14. The number of carboxylic acids is 1. The van der Waals surface area contributed by atoms with Crippen molar-refractivity contribution in [3.05, 3.63) is 59.7 Å². The molecule has 0 aliphatic carbocycles. The van der Waals surface area contributed by atoms with Gasteiger partial charge in [0, 0.05) is 12.8 Å². The number of aliphatic hydroxyl groups is 1. The first-order valence-corrected chi connectivity index (χ1v) is 13.3. The van der Waals surface area contributed by atoms with Crippen LogP contribution >= 0.6 is 0 Å². The summed E-state index contributed by atoms with van der Waals surface area (Å²) in [6, 6.07) is 5.51. The molecule has 230 valence electrons. The molecular formula is C28H33N5O10. The van der Waals surface area contributed by atoms with E-state index in [2.05, 4.69) is 26.6 Å². The summed E-state index contributed by atoms with van der Waals surface area (Å²) in [6.45, 7) is 0.539. The molecule has 15 nitrogen and oxygen atoms in total. The maximum atomic E-state index is 13.6. The normalized spacial score (nSPS) is 22.9. The number of aromatic hydroxyl groups is 2. The standard InChI is InChI=1S/C28H33N5O10/c1-14(34)24-28(43)32-21(12-23(38)39)27(42)31-20(11-16-4-8-18(36)9-5-16)26(41)30-19(25(40)29-13-22(37)33-24)10-15-2-6-17(35)7-3-15/h2-9,14,19-21,24,34-36H,10-13H2,1H3,(H,29,40)(H,30,41)(H,31,42)(H,32,43)(H,33,37)(H,38,39)/t14-,19+,20+,21+,24+/m1/s1. The van der Waals surface area contributed by atoms with Crippen molar-refractivity contribution in [2.75, 3.05) is 6.54 Å². The van der Waals surface area contributed by atoms with Gasteiger partial charge in [0.05, 0.1) is 19.1 Å². The predicted octanol–water partition coefficient (Wildman–Crippen LogP) is -2.19. The molecule has 5 amide bonds. The molecule has 15 heteroatoms. The van der Waals surface area contributed by atoms with Crippen molar-refractivity contribution in [1.82, 2.24) is 26.6 Å². The topological polar surface area (TPSA) is 243 Å². The number of carboxylic acid groups (broad SMARTS) is 1. The molecule has 0 radical (unpaired) electrons. The molecular weight excluding hydrogens is 566 g/mol. The molecule has 1 saturated heterocycles. The van der Waals surface area contributed by atoms with Crippen LogP contribution in [0.25, 0.3) is 0 Å². The Labute approximate surface area is 245 Å². The summed E-state index contributed by atoms with van der Waals surface area (Å²) in [7, 11) is 0. The average molecular weight is 600 g/mol. The van der Waals surface area contributed by atoms with Gasteiger partial charge in [-0.05, 0) is 42.3 Å². The Morgan fingerprint density at radius 1 is 0.721 bits per heavy atom. The molecule has 5 atom stereocenters. The Bertz CT molecular complexity index is 1350. The first kappa shape index (κ1) is 32.3. The molecule has 2 aromatic rings. The molecule has 0 aromatic heterocycles. The van der Waals surface area contributed by atoms with Crippen molar-refractivity contribution in [2.45, 2.75) is 56.5 Å². The zero-order chi connectivity index (χ0) is 31.7. The van der Waals surface area contributed by atoms with Crippen LogP contribution in [0.5, 0.6) is 11.5 Å². The number of phenols is 2. The first-order chi connectivity index (χ1) is 20.3. The highest BCUT2D eigenvalue weighted by molar-refractivity contribution is 5.98. The largest absolute Gasteiger partial charge is 0.508 e. The van der Waals surface area contributed by atoms with Crippen molar-refractivity contribution in [2.24, 2.45) is 0 Å². The summed E-state index contributed by atoms with van der Waals surface area (Å²) < 4.78 is 0. The highest BCUT2D eigenvalue weighted by atomic mass is 16.4. The predicted molar refractivity (Wildman–Crippen MR) is 148 cm³/mol. The van der Waals surface area contributed by atoms with Gasteiger partial charge in [-0.25, -0.2) is 0 Å². The summed E-state index contributed by atoms with van der Waals surface area (Å²) in [5.74, 6) is -6.19. The smallest absolute Gasteiger partial charge is 0.305 e. The van der Waals surface area contributed by atoms with Crippen LogP contribution in [-0.4, -0.2) is 92.7 Å². The maximum Gasteiger partial charge on any atom is 0.305 e. The summed E-state index contributed by atoms with van der Waals surface area (Å²) in [4.78, 5) is 77.0. The van der Waals surface area contributed by atoms with E-state index >= 15 is 0 Å². The second kappa shape index (κ2) is 14.6. The van der Waals surface area contributed by atoms with Gasteiger partial charge in [-0.3, -0.25) is 28.8 Å². The van der Waals surface area contributed by atoms with Crippen molar-refractivity contribution in [1.29, 1.82) is 0 Å². The van der Waals surface area contributed by atoms with E-state index in [9.17, 15) is 49.2 Å². The molecule has 2 aromatic carbocycles. The molecule has 1 aliphatic rings. The lowest BCUT2D eigenvalue weighted by Crippen LogP contribution is -2.59. The van der Waals surface area contributed by atoms with Crippen LogP contribution in [0.15, 0.2) is 48.5 Å². The van der Waals surface area contributed by atoms with Gasteiger partial charge < -0.3 is 47.0 Å². The number of carbonyl (C=O) groups excluding carboxylic acids is 5. The van der Waals surface area contributed by atoms with E-state index in [1.807, 2.05) is 0 Å². The number of phenolic OH excluding ortho intramolecular Hbond substituents is 2. The number of rotatable bonds is 7. The van der Waals surface area contributed by atoms with Gasteiger partial charge in [-0.1, -0.05) is 24.3 Å². The van der Waals surface area contributed by atoms with Gasteiger partial charge in [0.25, 0.3) is 0 Å². The molecule has 0 spiro atoms. The number of aliphatic carboxylic acids is 1. The van der Waals surface area contributed by atoms with Crippen LogP contribution in [0, 0.1) is 0 Å². The van der Waals surface area contributed by atoms with Crippen molar-refractivity contribution < 1.29 is 49.2 Å². The van der Waals surface area contributed by atoms with Crippen LogP contribution in [0.2, 0.25) is 0 Å². The lowest BCUT2D eigenvalue weighted by Gasteiger charge is -2.26. The summed E-state index contributed by atoms with van der Waals surface area (Å²) in [6.07, 6.45) is -2.61. The maximum absolute atomic E-state index is 13.6. The Balaban J connectivity index is 2.01. The second-order valence-corrected chi connectivity index (χ2v) is 10.0. The molecule has 3 rings (SSSR count). The minimum absolute atomic E-state index is 0.0283. The monoisotopic (exact) mass is 599 g/mol. The van der Waals surface area contributed by atoms with E-state index in [1.165, 1.54) is 55.5 Å². The third-order valence-electron chi connectivity index (χ3n) is 6.53. The third-order valence-corrected chi connectivity index (χ3v) is 6.53. The lowest BCUT2D eigenvalue weighted by molar-refractivity contribution is -0.141. The molecule has 1 aliphatic heterocycles. The van der Waals surface area contributed by atoms with Crippen LogP contribution in [0.3, 0.4) is 0 Å². The van der Waals surface area contributed by atoms with E-state index < -0.39 is 78.7 Å². The van der Waals surface area contributed by atoms with Gasteiger partial charge in [0.2, 0.25) is 29.5 Å². The molecule has 0 saturated carbocycles. The van der Waals surface area contributed by atoms with Crippen LogP contribution in [-0.2, 0) is 41.6 Å². The first-order valence-electron chi connectivity index (χ1n) is 13.3. The summed E-state index contributed by atoms with van der Waals surface area (Å²) in [5.41, 5.74) is 1.02. The highest BCUT2D eigenvalue weighted by Gasteiger charge is 2.34.